The highest BCUT2D eigenvalue weighted by molar-refractivity contribution is 6.30. The first-order valence-electron chi connectivity index (χ1n) is 11.4. The molecule has 1 heterocycles. The van der Waals surface area contributed by atoms with E-state index in [0.717, 1.165) is 16.4 Å². The molecule has 4 rings (SSSR count). The van der Waals surface area contributed by atoms with Crippen LogP contribution in [0.25, 0.3) is 0 Å². The second-order valence-corrected chi connectivity index (χ2v) is 9.48. The first-order valence-corrected chi connectivity index (χ1v) is 11.8. The molecule has 1 saturated carbocycles. The molecule has 8 heteroatoms. The zero-order valence-electron chi connectivity index (χ0n) is 19.4. The lowest BCUT2D eigenvalue weighted by Gasteiger charge is -2.34. The van der Waals surface area contributed by atoms with Crippen molar-refractivity contribution in [1.82, 2.24) is 10.0 Å². The summed E-state index contributed by atoms with van der Waals surface area (Å²) < 4.78 is 5.15. The molecule has 0 N–H and O–H groups in total. The topological polar surface area (TPSA) is 84.0 Å². The molecule has 1 aliphatic carbocycles. The van der Waals surface area contributed by atoms with E-state index in [1.165, 1.54) is 26.2 Å². The number of ether oxygens (including phenoxy) is 1. The number of hydrazine groups is 1. The SMILES string of the molecule is COc1ccc(C(=O)[C@H](C)N(C(=O)c2ccc(Cl)cc2)N2C(=O)[C@@H]3CC[C@H](C)C[C@H]3C2=O)cc1. The molecule has 1 aliphatic heterocycles. The van der Waals surface area contributed by atoms with Crippen LogP contribution in [0.4, 0.5) is 0 Å². The number of Topliss-reactive ketones (excluding diaryl/α,β-unsaturated/α-hetero) is 1. The van der Waals surface area contributed by atoms with E-state index in [1.54, 1.807) is 36.4 Å². The largest absolute Gasteiger partial charge is 0.497 e. The van der Waals surface area contributed by atoms with Gasteiger partial charge in [0.25, 0.3) is 17.7 Å². The third kappa shape index (κ3) is 4.32. The van der Waals surface area contributed by atoms with Gasteiger partial charge in [-0.05, 0) is 80.6 Å². The summed E-state index contributed by atoms with van der Waals surface area (Å²) in [6, 6.07) is 11.5. The van der Waals surface area contributed by atoms with Crippen LogP contribution >= 0.6 is 11.6 Å². The van der Waals surface area contributed by atoms with Crippen molar-refractivity contribution in [2.24, 2.45) is 17.8 Å². The molecule has 2 aromatic rings. The van der Waals surface area contributed by atoms with E-state index >= 15 is 0 Å². The molecule has 2 aliphatic rings. The molecule has 3 amide bonds. The number of benzene rings is 2. The maximum Gasteiger partial charge on any atom is 0.273 e. The molecule has 2 aromatic carbocycles. The number of methoxy groups -OCH3 is 1. The summed E-state index contributed by atoms with van der Waals surface area (Å²) in [6.45, 7) is 3.59. The van der Waals surface area contributed by atoms with Gasteiger partial charge in [0.2, 0.25) is 0 Å². The van der Waals surface area contributed by atoms with E-state index in [1.807, 2.05) is 0 Å². The molecule has 34 heavy (non-hydrogen) atoms. The molecule has 7 nitrogen and oxygen atoms in total. The van der Waals surface area contributed by atoms with Crippen molar-refractivity contribution in [3.8, 4) is 5.75 Å². The summed E-state index contributed by atoms with van der Waals surface area (Å²) in [5, 5.41) is 2.40. The van der Waals surface area contributed by atoms with Crippen molar-refractivity contribution in [2.75, 3.05) is 7.11 Å². The molecule has 178 valence electrons. The van der Waals surface area contributed by atoms with E-state index in [0.29, 0.717) is 35.1 Å². The smallest absolute Gasteiger partial charge is 0.273 e. The van der Waals surface area contributed by atoms with E-state index in [4.69, 9.17) is 16.3 Å². The van der Waals surface area contributed by atoms with Gasteiger partial charge in [0.1, 0.15) is 11.8 Å². The molecule has 1 saturated heterocycles. The van der Waals surface area contributed by atoms with Crippen LogP contribution in [0.1, 0.15) is 53.8 Å². The van der Waals surface area contributed by atoms with Gasteiger partial charge in [-0.3, -0.25) is 19.2 Å². The Morgan fingerprint density at radius 2 is 1.56 bits per heavy atom. The lowest BCUT2D eigenvalue weighted by molar-refractivity contribution is -0.156. The predicted octanol–water partition coefficient (Wildman–Crippen LogP) is 4.40. The van der Waals surface area contributed by atoms with Crippen LogP contribution in [0, 0.1) is 17.8 Å². The van der Waals surface area contributed by atoms with Crippen LogP contribution in [0.2, 0.25) is 5.02 Å². The quantitative estimate of drug-likeness (QED) is 0.450. The molecule has 4 atom stereocenters. The number of rotatable bonds is 6. The molecule has 0 radical (unpaired) electrons. The highest BCUT2D eigenvalue weighted by atomic mass is 35.5. The number of hydrogen-bond donors (Lipinski definition) is 0. The maximum atomic E-state index is 13.6. The molecular formula is C26H27ClN2O5. The summed E-state index contributed by atoms with van der Waals surface area (Å²) >= 11 is 5.98. The second kappa shape index (κ2) is 9.58. The minimum atomic E-state index is -1.10. The Balaban J connectivity index is 1.72. The minimum Gasteiger partial charge on any atom is -0.497 e. The van der Waals surface area contributed by atoms with Crippen molar-refractivity contribution in [3.63, 3.8) is 0 Å². The third-order valence-corrected chi connectivity index (χ3v) is 7.05. The van der Waals surface area contributed by atoms with Crippen molar-refractivity contribution in [2.45, 2.75) is 39.2 Å². The fraction of sp³-hybridized carbons (Fsp3) is 0.385. The fourth-order valence-corrected chi connectivity index (χ4v) is 4.98. The number of amides is 3. The highest BCUT2D eigenvalue weighted by Crippen LogP contribution is 2.41. The predicted molar refractivity (Wildman–Crippen MR) is 126 cm³/mol. The van der Waals surface area contributed by atoms with E-state index in [9.17, 15) is 19.2 Å². The maximum absolute atomic E-state index is 13.6. The number of hydrogen-bond acceptors (Lipinski definition) is 5. The van der Waals surface area contributed by atoms with Crippen molar-refractivity contribution >= 4 is 35.1 Å². The number of nitrogens with zero attached hydrogens (tertiary/aromatic N) is 2. The number of halogens is 1. The summed E-state index contributed by atoms with van der Waals surface area (Å²) in [7, 11) is 1.52. The van der Waals surface area contributed by atoms with Gasteiger partial charge in [0.05, 0.1) is 18.9 Å². The molecular weight excluding hydrogens is 456 g/mol. The Hall–Kier alpha value is -3.19. The number of ketones is 1. The van der Waals surface area contributed by atoms with Gasteiger partial charge in [-0.2, -0.15) is 5.01 Å². The summed E-state index contributed by atoms with van der Waals surface area (Å²) in [5.74, 6) is -1.88. The Bertz CT molecular complexity index is 1120. The average molecular weight is 483 g/mol. The average Bonchev–Trinajstić information content (AvgIpc) is 3.08. The van der Waals surface area contributed by atoms with Gasteiger partial charge in [0.15, 0.2) is 5.78 Å². The monoisotopic (exact) mass is 482 g/mol. The normalized spacial score (nSPS) is 22.8. The first-order chi connectivity index (χ1) is 16.2. The van der Waals surface area contributed by atoms with Gasteiger partial charge in [-0.1, -0.05) is 18.5 Å². The lowest BCUT2D eigenvalue weighted by Crippen LogP contribution is -2.56. The highest BCUT2D eigenvalue weighted by Gasteiger charge is 2.54. The molecule has 2 fully saturated rings. The minimum absolute atomic E-state index is 0.225. The Labute approximate surface area is 203 Å². The number of fused-ring (bicyclic) bond motifs is 1. The fourth-order valence-electron chi connectivity index (χ4n) is 4.86. The summed E-state index contributed by atoms with van der Waals surface area (Å²) in [4.78, 5) is 53.9. The van der Waals surface area contributed by atoms with Crippen molar-refractivity contribution < 1.29 is 23.9 Å². The molecule has 0 spiro atoms. The standard InChI is InChI=1S/C26H27ClN2O5/c1-15-4-13-21-22(14-15)26(33)29(25(21)32)28(24(31)18-5-9-19(27)10-6-18)16(2)23(30)17-7-11-20(34-3)12-8-17/h5-12,15-16,21-22H,4,13-14H2,1-3H3/t15-,16-,21+,22+/m0/s1. The summed E-state index contributed by atoms with van der Waals surface area (Å²) in [5.41, 5.74) is 0.565. The van der Waals surface area contributed by atoms with Gasteiger partial charge >= 0.3 is 0 Å². The van der Waals surface area contributed by atoms with Crippen LogP contribution in [-0.2, 0) is 9.59 Å². The first kappa shape index (κ1) is 24.0. The molecule has 0 unspecified atom stereocenters. The van der Waals surface area contributed by atoms with Crippen molar-refractivity contribution in [1.29, 1.82) is 0 Å². The number of carbonyl (C=O) groups is 4. The Morgan fingerprint density at radius 1 is 0.971 bits per heavy atom. The van der Waals surface area contributed by atoms with Crippen molar-refractivity contribution in [3.05, 3.63) is 64.7 Å². The zero-order valence-corrected chi connectivity index (χ0v) is 20.1. The molecule has 0 bridgehead atoms. The van der Waals surface area contributed by atoms with E-state index < -0.39 is 41.4 Å². The van der Waals surface area contributed by atoms with Crippen LogP contribution in [0.3, 0.4) is 0 Å². The molecule has 0 aromatic heterocycles. The van der Waals surface area contributed by atoms with Crippen LogP contribution < -0.4 is 4.74 Å². The third-order valence-electron chi connectivity index (χ3n) is 6.80. The van der Waals surface area contributed by atoms with E-state index in [-0.39, 0.29) is 5.56 Å². The van der Waals surface area contributed by atoms with Crippen LogP contribution in [0.15, 0.2) is 48.5 Å². The summed E-state index contributed by atoms with van der Waals surface area (Å²) in [6.07, 6.45) is 2.03. The lowest BCUT2D eigenvalue weighted by atomic mass is 9.76. The zero-order chi connectivity index (χ0) is 24.6. The van der Waals surface area contributed by atoms with Gasteiger partial charge in [-0.25, -0.2) is 5.01 Å². The van der Waals surface area contributed by atoms with Crippen LogP contribution in [0.5, 0.6) is 5.75 Å². The van der Waals surface area contributed by atoms with Crippen LogP contribution in [-0.4, -0.2) is 46.7 Å². The van der Waals surface area contributed by atoms with Gasteiger partial charge in [-0.15, -0.1) is 0 Å². The Kier molecular flexibility index (Phi) is 6.75. The van der Waals surface area contributed by atoms with E-state index in [2.05, 4.69) is 6.92 Å². The number of carbonyl (C=O) groups excluding carboxylic acids is 4. The van der Waals surface area contributed by atoms with Gasteiger partial charge < -0.3 is 4.74 Å². The number of imide groups is 1. The second-order valence-electron chi connectivity index (χ2n) is 9.04. The van der Waals surface area contributed by atoms with Gasteiger partial charge in [0, 0.05) is 16.1 Å². The Morgan fingerprint density at radius 3 is 2.18 bits per heavy atom.